The van der Waals surface area contributed by atoms with Gasteiger partial charge in [0.05, 0.1) is 13.2 Å². The van der Waals surface area contributed by atoms with Crippen LogP contribution in [0.3, 0.4) is 0 Å². The quantitative estimate of drug-likeness (QED) is 0.419. The minimum Gasteiger partial charge on any atom is -0.465 e. The van der Waals surface area contributed by atoms with Gasteiger partial charge in [0.1, 0.15) is 11.7 Å². The third-order valence-corrected chi connectivity index (χ3v) is 3.38. The monoisotopic (exact) mass is 318 g/mol. The Balaban J connectivity index is 3.31. The highest BCUT2D eigenvalue weighted by Gasteiger charge is 2.38. The first-order chi connectivity index (χ1) is 10.9. The highest BCUT2D eigenvalue weighted by Crippen LogP contribution is 2.33. The van der Waals surface area contributed by atoms with E-state index in [9.17, 15) is 14.4 Å². The summed E-state index contributed by atoms with van der Waals surface area (Å²) in [6, 6.07) is 8.82. The van der Waals surface area contributed by atoms with Crippen LogP contribution in [-0.2, 0) is 23.9 Å². The Labute approximate surface area is 136 Å². The van der Waals surface area contributed by atoms with E-state index >= 15 is 0 Å². The lowest BCUT2D eigenvalue weighted by molar-refractivity contribution is -0.151. The maximum absolute atomic E-state index is 12.2. The molecule has 1 aromatic carbocycles. The summed E-state index contributed by atoms with van der Waals surface area (Å²) in [4.78, 5) is 36.4. The fraction of sp³-hybridized carbons (Fsp3) is 0.389. The molecule has 2 unspecified atom stereocenters. The van der Waals surface area contributed by atoms with Crippen molar-refractivity contribution in [2.45, 2.75) is 26.7 Å². The molecular weight excluding hydrogens is 296 g/mol. The molecule has 23 heavy (non-hydrogen) atoms. The molecule has 0 amide bonds. The van der Waals surface area contributed by atoms with E-state index in [2.05, 4.69) is 6.58 Å². The third kappa shape index (κ3) is 4.77. The van der Waals surface area contributed by atoms with E-state index < -0.39 is 23.8 Å². The topological polar surface area (TPSA) is 69.7 Å². The summed E-state index contributed by atoms with van der Waals surface area (Å²) in [5, 5.41) is 0. The van der Waals surface area contributed by atoms with Gasteiger partial charge in [0.15, 0.2) is 0 Å². The molecule has 0 aliphatic carbocycles. The van der Waals surface area contributed by atoms with Gasteiger partial charge in [-0.25, -0.2) is 4.79 Å². The van der Waals surface area contributed by atoms with Gasteiger partial charge in [0, 0.05) is 11.5 Å². The molecule has 124 valence electrons. The molecular formula is C18H22O5. The molecule has 5 heteroatoms. The summed E-state index contributed by atoms with van der Waals surface area (Å²) in [7, 11) is 0. The Kier molecular flexibility index (Phi) is 7.19. The first-order valence-electron chi connectivity index (χ1n) is 7.51. The molecule has 0 N–H and O–H groups in total. The van der Waals surface area contributed by atoms with Crippen molar-refractivity contribution in [3.05, 3.63) is 48.0 Å². The van der Waals surface area contributed by atoms with Crippen LogP contribution >= 0.6 is 0 Å². The highest BCUT2D eigenvalue weighted by molar-refractivity contribution is 6.02. The van der Waals surface area contributed by atoms with Crippen molar-refractivity contribution in [1.29, 1.82) is 0 Å². The Hall–Kier alpha value is -2.43. The predicted octanol–water partition coefficient (Wildman–Crippen LogP) is 2.66. The van der Waals surface area contributed by atoms with Crippen LogP contribution in [0.15, 0.2) is 42.5 Å². The maximum atomic E-state index is 12.2. The zero-order chi connectivity index (χ0) is 17.4. The summed E-state index contributed by atoms with van der Waals surface area (Å²) < 4.78 is 9.98. The Bertz CT molecular complexity index is 576. The van der Waals surface area contributed by atoms with Gasteiger partial charge >= 0.3 is 11.9 Å². The summed E-state index contributed by atoms with van der Waals surface area (Å²) in [6.45, 7) is 8.73. The van der Waals surface area contributed by atoms with Crippen molar-refractivity contribution in [3.8, 4) is 0 Å². The van der Waals surface area contributed by atoms with Gasteiger partial charge in [0.2, 0.25) is 0 Å². The lowest BCUT2D eigenvalue weighted by atomic mass is 9.79. The van der Waals surface area contributed by atoms with Crippen LogP contribution in [-0.4, -0.2) is 30.9 Å². The van der Waals surface area contributed by atoms with E-state index in [0.29, 0.717) is 5.56 Å². The van der Waals surface area contributed by atoms with Gasteiger partial charge in [-0.05, 0) is 26.3 Å². The Morgan fingerprint density at radius 3 is 2.09 bits per heavy atom. The average molecular weight is 318 g/mol. The molecule has 0 aromatic heterocycles. The lowest BCUT2D eigenvalue weighted by Crippen LogP contribution is -2.33. The third-order valence-electron chi connectivity index (χ3n) is 3.38. The van der Waals surface area contributed by atoms with Crippen molar-refractivity contribution in [1.82, 2.24) is 0 Å². The number of carbonyl (C=O) groups is 3. The van der Waals surface area contributed by atoms with E-state index in [1.165, 1.54) is 6.92 Å². The van der Waals surface area contributed by atoms with Gasteiger partial charge < -0.3 is 9.47 Å². The largest absolute Gasteiger partial charge is 0.465 e. The van der Waals surface area contributed by atoms with Crippen LogP contribution in [0.5, 0.6) is 0 Å². The van der Waals surface area contributed by atoms with Gasteiger partial charge in [-0.15, -0.1) is 0 Å². The SMILES string of the molecule is C=C(C(=O)OCC)C(c1ccccc1)C(C(C)=O)C(=O)OCC. The van der Waals surface area contributed by atoms with Gasteiger partial charge in [-0.2, -0.15) is 0 Å². The van der Waals surface area contributed by atoms with Gasteiger partial charge in [0.25, 0.3) is 0 Å². The molecule has 5 nitrogen and oxygen atoms in total. The predicted molar refractivity (Wildman–Crippen MR) is 85.8 cm³/mol. The molecule has 1 aromatic rings. The zero-order valence-corrected chi connectivity index (χ0v) is 13.7. The minimum absolute atomic E-state index is 0.0614. The zero-order valence-electron chi connectivity index (χ0n) is 13.7. The molecule has 0 saturated heterocycles. The Morgan fingerprint density at radius 2 is 1.61 bits per heavy atom. The fourth-order valence-electron chi connectivity index (χ4n) is 2.37. The number of rotatable bonds is 8. The minimum atomic E-state index is -1.13. The lowest BCUT2D eigenvalue weighted by Gasteiger charge is -2.25. The second-order valence-electron chi connectivity index (χ2n) is 4.97. The van der Waals surface area contributed by atoms with Crippen molar-refractivity contribution in [2.75, 3.05) is 13.2 Å². The molecule has 0 fully saturated rings. The number of esters is 2. The molecule has 2 atom stereocenters. The van der Waals surface area contributed by atoms with Gasteiger partial charge in [-0.3, -0.25) is 9.59 Å². The van der Waals surface area contributed by atoms with Crippen LogP contribution in [0.2, 0.25) is 0 Å². The summed E-state index contributed by atoms with van der Waals surface area (Å²) in [5.74, 6) is -3.62. The van der Waals surface area contributed by atoms with Crippen LogP contribution in [0.25, 0.3) is 0 Å². The second-order valence-corrected chi connectivity index (χ2v) is 4.97. The number of hydrogen-bond donors (Lipinski definition) is 0. The standard InChI is InChI=1S/C18H22O5/c1-5-22-17(20)12(3)15(14-10-8-7-9-11-14)16(13(4)19)18(21)23-6-2/h7-11,15-16H,3,5-6H2,1-2,4H3. The molecule has 0 aliphatic heterocycles. The number of ketones is 1. The molecule has 0 radical (unpaired) electrons. The van der Waals surface area contributed by atoms with Crippen molar-refractivity contribution >= 4 is 17.7 Å². The molecule has 0 aliphatic rings. The molecule has 1 rings (SSSR count). The number of hydrogen-bond acceptors (Lipinski definition) is 5. The first kappa shape index (κ1) is 18.6. The highest BCUT2D eigenvalue weighted by atomic mass is 16.5. The van der Waals surface area contributed by atoms with Crippen molar-refractivity contribution in [3.63, 3.8) is 0 Å². The molecule has 0 heterocycles. The van der Waals surface area contributed by atoms with Crippen molar-refractivity contribution in [2.24, 2.45) is 5.92 Å². The van der Waals surface area contributed by atoms with Gasteiger partial charge in [-0.1, -0.05) is 36.9 Å². The van der Waals surface area contributed by atoms with Crippen LogP contribution in [0.4, 0.5) is 0 Å². The van der Waals surface area contributed by atoms with Crippen molar-refractivity contribution < 1.29 is 23.9 Å². The molecule has 0 spiro atoms. The summed E-state index contributed by atoms with van der Waals surface area (Å²) in [5.41, 5.74) is 0.699. The van der Waals surface area contributed by atoms with Crippen LogP contribution in [0.1, 0.15) is 32.3 Å². The van der Waals surface area contributed by atoms with E-state index in [1.807, 2.05) is 0 Å². The van der Waals surface area contributed by atoms with Crippen LogP contribution < -0.4 is 0 Å². The first-order valence-corrected chi connectivity index (χ1v) is 7.51. The smallest absolute Gasteiger partial charge is 0.334 e. The van der Waals surface area contributed by atoms with E-state index in [0.717, 1.165) is 0 Å². The number of ether oxygens (including phenoxy) is 2. The molecule has 0 saturated carbocycles. The summed E-state index contributed by atoms with van der Waals surface area (Å²) in [6.07, 6.45) is 0. The van der Waals surface area contributed by atoms with E-state index in [-0.39, 0.29) is 24.6 Å². The maximum Gasteiger partial charge on any atom is 0.334 e. The fourth-order valence-corrected chi connectivity index (χ4v) is 2.37. The normalized spacial score (nSPS) is 12.8. The number of carbonyl (C=O) groups excluding carboxylic acids is 3. The second kappa shape index (κ2) is 8.88. The Morgan fingerprint density at radius 1 is 1.04 bits per heavy atom. The van der Waals surface area contributed by atoms with Crippen LogP contribution in [0, 0.1) is 5.92 Å². The number of benzene rings is 1. The molecule has 0 bridgehead atoms. The number of Topliss-reactive ketones (excluding diaryl/α,β-unsaturated/α-hetero) is 1. The summed E-state index contributed by atoms with van der Waals surface area (Å²) >= 11 is 0. The van der Waals surface area contributed by atoms with E-state index in [1.54, 1.807) is 44.2 Å². The average Bonchev–Trinajstić information content (AvgIpc) is 2.52. The van der Waals surface area contributed by atoms with E-state index in [4.69, 9.17) is 9.47 Å².